The van der Waals surface area contributed by atoms with Crippen molar-refractivity contribution in [1.82, 2.24) is 9.13 Å². The van der Waals surface area contributed by atoms with Crippen molar-refractivity contribution >= 4 is 87.5 Å². The Hall–Kier alpha value is -6.66. The van der Waals surface area contributed by atoms with Gasteiger partial charge in [-0.15, -0.1) is 0 Å². The summed E-state index contributed by atoms with van der Waals surface area (Å²) >= 11 is 0. The van der Waals surface area contributed by atoms with Gasteiger partial charge in [-0.3, -0.25) is 0 Å². The molecule has 0 aliphatic heterocycles. The van der Waals surface area contributed by atoms with Crippen molar-refractivity contribution in [2.45, 2.75) is 0 Å². The number of aromatic nitrogens is 2. The highest BCUT2D eigenvalue weighted by Crippen LogP contribution is 2.45. The molecule has 238 valence electrons. The van der Waals surface area contributed by atoms with Crippen LogP contribution in [-0.4, -0.2) is 23.4 Å². The highest BCUT2D eigenvalue weighted by atomic mass is 16.5. The van der Waals surface area contributed by atoms with Crippen molar-refractivity contribution in [3.05, 3.63) is 133 Å². The maximum absolute atomic E-state index is 6.64. The van der Waals surface area contributed by atoms with E-state index < -0.39 is 0 Å². The molecule has 0 N–H and O–H groups in total. The average Bonchev–Trinajstić information content (AvgIpc) is 3.91. The number of hydrogen-bond donors (Lipinski definition) is 0. The molecule has 0 spiro atoms. The Bertz CT molecular complexity index is 2870. The molecule has 0 aliphatic carbocycles. The molecular formula is C44H28N2O4. The Morgan fingerprint density at radius 3 is 1.06 bits per heavy atom. The van der Waals surface area contributed by atoms with Crippen LogP contribution < -0.4 is 9.47 Å². The number of furan rings is 2. The molecule has 4 aromatic heterocycles. The van der Waals surface area contributed by atoms with Gasteiger partial charge >= 0.3 is 0 Å². The minimum Gasteiger partial charge on any atom is -0.494 e. The molecule has 0 saturated carbocycles. The van der Waals surface area contributed by atoms with Gasteiger partial charge < -0.3 is 27.4 Å². The fourth-order valence-electron chi connectivity index (χ4n) is 8.14. The van der Waals surface area contributed by atoms with E-state index in [1.807, 2.05) is 12.1 Å². The van der Waals surface area contributed by atoms with Gasteiger partial charge in [0.25, 0.3) is 0 Å². The Kier molecular flexibility index (Phi) is 5.43. The molecule has 0 aliphatic rings. The smallest absolute Gasteiger partial charge is 0.178 e. The van der Waals surface area contributed by atoms with E-state index in [0.717, 1.165) is 77.7 Å². The number of methoxy groups -OCH3 is 2. The second kappa shape index (κ2) is 9.94. The molecule has 0 radical (unpaired) electrons. The molecule has 0 saturated heterocycles. The first-order valence-electron chi connectivity index (χ1n) is 16.7. The second-order valence-electron chi connectivity index (χ2n) is 12.8. The zero-order valence-electron chi connectivity index (χ0n) is 27.2. The number of ether oxygens (including phenoxy) is 2. The number of benzene rings is 7. The van der Waals surface area contributed by atoms with Gasteiger partial charge in [-0.2, -0.15) is 0 Å². The molecule has 50 heavy (non-hydrogen) atoms. The fraction of sp³-hybridized carbons (Fsp3) is 0.0455. The van der Waals surface area contributed by atoms with Crippen LogP contribution in [0.2, 0.25) is 0 Å². The monoisotopic (exact) mass is 648 g/mol. The van der Waals surface area contributed by atoms with Crippen molar-refractivity contribution in [3.8, 4) is 22.9 Å². The maximum atomic E-state index is 6.64. The van der Waals surface area contributed by atoms with Crippen LogP contribution >= 0.6 is 0 Å². The highest BCUT2D eigenvalue weighted by molar-refractivity contribution is 6.20. The molecule has 4 heterocycles. The lowest BCUT2D eigenvalue weighted by atomic mass is 10.1. The summed E-state index contributed by atoms with van der Waals surface area (Å²) in [6.45, 7) is 0. The van der Waals surface area contributed by atoms with E-state index >= 15 is 0 Å². The van der Waals surface area contributed by atoms with Crippen LogP contribution in [0.1, 0.15) is 0 Å². The zero-order chi connectivity index (χ0) is 33.1. The predicted octanol–water partition coefficient (Wildman–Crippen LogP) is 11.7. The summed E-state index contributed by atoms with van der Waals surface area (Å²) in [7, 11) is 3.42. The second-order valence-corrected chi connectivity index (χ2v) is 12.8. The molecular weight excluding hydrogens is 620 g/mol. The van der Waals surface area contributed by atoms with E-state index in [2.05, 4.69) is 130 Å². The highest BCUT2D eigenvalue weighted by Gasteiger charge is 2.23. The molecule has 6 nitrogen and oxygen atoms in total. The van der Waals surface area contributed by atoms with Crippen LogP contribution in [0.15, 0.2) is 142 Å². The van der Waals surface area contributed by atoms with Crippen molar-refractivity contribution in [2.24, 2.45) is 0 Å². The molecule has 0 fully saturated rings. The first-order valence-corrected chi connectivity index (χ1v) is 16.7. The fourth-order valence-corrected chi connectivity index (χ4v) is 8.14. The summed E-state index contributed by atoms with van der Waals surface area (Å²) in [4.78, 5) is 0. The van der Waals surface area contributed by atoms with Crippen LogP contribution in [0.3, 0.4) is 0 Å². The van der Waals surface area contributed by atoms with Gasteiger partial charge in [0.15, 0.2) is 11.2 Å². The van der Waals surface area contributed by atoms with E-state index in [-0.39, 0.29) is 0 Å². The molecule has 6 heteroatoms. The molecule has 11 aromatic rings. The standard InChI is InChI=1S/C44H28N2O4/c1-47-41-23-39-31(21-37(41)45-33-15-7-3-11-25(33)26-12-4-8-16-34(26)45)29-19-20-30-32-22-38(42(48-2)24-40(32)50-44(30)43(29)49-39)46-35-17-9-5-13-27(35)28-14-6-10-18-36(28)46/h3-24H,1-2H3. The van der Waals surface area contributed by atoms with Gasteiger partial charge in [-0.1, -0.05) is 72.8 Å². The van der Waals surface area contributed by atoms with Crippen molar-refractivity contribution < 1.29 is 18.3 Å². The third-order valence-corrected chi connectivity index (χ3v) is 10.3. The minimum absolute atomic E-state index is 0.701. The van der Waals surface area contributed by atoms with Crippen molar-refractivity contribution in [2.75, 3.05) is 14.2 Å². The summed E-state index contributed by atoms with van der Waals surface area (Å²) in [6.07, 6.45) is 0. The topological polar surface area (TPSA) is 54.6 Å². The minimum atomic E-state index is 0.701. The quantitative estimate of drug-likeness (QED) is 0.191. The predicted molar refractivity (Wildman–Crippen MR) is 203 cm³/mol. The van der Waals surface area contributed by atoms with Crippen LogP contribution in [0.5, 0.6) is 11.5 Å². The Morgan fingerprint density at radius 2 is 0.720 bits per heavy atom. The van der Waals surface area contributed by atoms with Gasteiger partial charge in [0.1, 0.15) is 22.7 Å². The van der Waals surface area contributed by atoms with Gasteiger partial charge in [0, 0.05) is 55.2 Å². The number of rotatable bonds is 4. The molecule has 0 bridgehead atoms. The van der Waals surface area contributed by atoms with E-state index in [9.17, 15) is 0 Å². The first-order chi connectivity index (χ1) is 24.7. The number of hydrogen-bond acceptors (Lipinski definition) is 4. The summed E-state index contributed by atoms with van der Waals surface area (Å²) in [6, 6.07) is 46.6. The number of nitrogens with zero attached hydrogens (tertiary/aromatic N) is 2. The average molecular weight is 649 g/mol. The molecule has 7 aromatic carbocycles. The van der Waals surface area contributed by atoms with Crippen LogP contribution in [0.25, 0.3) is 98.9 Å². The molecule has 0 atom stereocenters. The van der Waals surface area contributed by atoms with Crippen molar-refractivity contribution in [3.63, 3.8) is 0 Å². The summed E-state index contributed by atoms with van der Waals surface area (Å²) in [5.74, 6) is 1.45. The van der Waals surface area contributed by atoms with Crippen molar-refractivity contribution in [1.29, 1.82) is 0 Å². The lowest BCUT2D eigenvalue weighted by Gasteiger charge is -2.13. The van der Waals surface area contributed by atoms with Gasteiger partial charge in [-0.05, 0) is 48.5 Å². The summed E-state index contributed by atoms with van der Waals surface area (Å²) < 4.78 is 29.9. The lowest BCUT2D eigenvalue weighted by Crippen LogP contribution is -1.98. The Labute approximate surface area is 284 Å². The van der Waals surface area contributed by atoms with Gasteiger partial charge in [-0.25, -0.2) is 0 Å². The third-order valence-electron chi connectivity index (χ3n) is 10.3. The maximum Gasteiger partial charge on any atom is 0.178 e. The van der Waals surface area contributed by atoms with E-state index in [4.69, 9.17) is 18.3 Å². The van der Waals surface area contributed by atoms with Crippen LogP contribution in [0.4, 0.5) is 0 Å². The zero-order valence-corrected chi connectivity index (χ0v) is 27.2. The SMILES string of the molecule is COc1cc2oc3c(ccc4c5cc(-n6c7ccccc7c7ccccc76)c(OC)cc5oc43)c2cc1-n1c2ccccc2c2ccccc21. The Balaban J connectivity index is 1.17. The third kappa shape index (κ3) is 3.52. The number of para-hydroxylation sites is 4. The normalized spacial score (nSPS) is 12.2. The summed E-state index contributed by atoms with van der Waals surface area (Å²) in [5, 5.41) is 8.72. The van der Waals surface area contributed by atoms with E-state index in [1.54, 1.807) is 14.2 Å². The Morgan fingerprint density at radius 1 is 0.380 bits per heavy atom. The molecule has 0 amide bonds. The lowest BCUT2D eigenvalue weighted by molar-refractivity contribution is 0.413. The van der Waals surface area contributed by atoms with Crippen LogP contribution in [0, 0.1) is 0 Å². The first kappa shape index (κ1) is 27.3. The van der Waals surface area contributed by atoms with Crippen LogP contribution in [-0.2, 0) is 0 Å². The van der Waals surface area contributed by atoms with Gasteiger partial charge in [0.2, 0.25) is 0 Å². The van der Waals surface area contributed by atoms with E-state index in [0.29, 0.717) is 11.2 Å². The number of fused-ring (bicyclic) bond motifs is 13. The summed E-state index contributed by atoms with van der Waals surface area (Å²) in [5.41, 5.74) is 9.24. The largest absolute Gasteiger partial charge is 0.494 e. The van der Waals surface area contributed by atoms with E-state index in [1.165, 1.54) is 21.5 Å². The molecule has 11 rings (SSSR count). The van der Waals surface area contributed by atoms with Gasteiger partial charge in [0.05, 0.1) is 47.7 Å². The molecule has 0 unspecified atom stereocenters.